The first-order valence-electron chi connectivity index (χ1n) is 5.92. The van der Waals surface area contributed by atoms with Gasteiger partial charge in [0.15, 0.2) is 34.8 Å². The minimum atomic E-state index is -2.59. The van der Waals surface area contributed by atoms with Crippen molar-refractivity contribution in [2.45, 2.75) is 0 Å². The maximum absolute atomic E-state index is 13.6. The monoisotopic (exact) mass is 333 g/mol. The van der Waals surface area contributed by atoms with E-state index in [4.69, 9.17) is 0 Å². The van der Waals surface area contributed by atoms with Gasteiger partial charge in [0.05, 0.1) is 14.2 Å². The maximum atomic E-state index is 13.6. The van der Waals surface area contributed by atoms with E-state index in [0.717, 1.165) is 38.5 Å². The van der Waals surface area contributed by atoms with Crippen molar-refractivity contribution in [3.05, 3.63) is 47.5 Å². The van der Waals surface area contributed by atoms with Crippen LogP contribution in [0.2, 0.25) is 0 Å². The molecule has 0 saturated carbocycles. The van der Waals surface area contributed by atoms with Crippen molar-refractivity contribution >= 4 is 18.4 Å². The fraction of sp³-hybridized carbons (Fsp3) is 0.143. The SMILES string of the molecule is COc1c(F)cc([P+](=O)c2cc(F)c(OC)c(F)c2)cc1F. The lowest BCUT2D eigenvalue weighted by atomic mass is 10.3. The molecule has 0 aromatic heterocycles. The van der Waals surface area contributed by atoms with Crippen molar-refractivity contribution in [3.63, 3.8) is 0 Å². The molecular formula is C14H10F4O3P+. The van der Waals surface area contributed by atoms with Gasteiger partial charge >= 0.3 is 7.80 Å². The molecule has 0 amide bonds. The van der Waals surface area contributed by atoms with Gasteiger partial charge in [-0.2, -0.15) is 0 Å². The van der Waals surface area contributed by atoms with Gasteiger partial charge in [0.25, 0.3) is 0 Å². The maximum Gasteiger partial charge on any atom is 0.415 e. The molecule has 0 N–H and O–H groups in total. The third-order valence-electron chi connectivity index (χ3n) is 2.84. The highest BCUT2D eigenvalue weighted by molar-refractivity contribution is 7.61. The molecule has 0 spiro atoms. The molecule has 2 aromatic rings. The predicted octanol–water partition coefficient (Wildman–Crippen LogP) is 3.04. The van der Waals surface area contributed by atoms with Gasteiger partial charge < -0.3 is 9.47 Å². The molecule has 0 fully saturated rings. The molecule has 0 unspecified atom stereocenters. The molecule has 2 aromatic carbocycles. The Morgan fingerprint density at radius 2 is 1.00 bits per heavy atom. The van der Waals surface area contributed by atoms with Crippen molar-refractivity contribution in [2.75, 3.05) is 14.2 Å². The number of hydrogen-bond donors (Lipinski definition) is 0. The molecule has 8 heteroatoms. The smallest absolute Gasteiger partial charge is 0.415 e. The van der Waals surface area contributed by atoms with Gasteiger partial charge in [-0.15, -0.1) is 0 Å². The highest BCUT2D eigenvalue weighted by atomic mass is 31.1. The molecular weight excluding hydrogens is 323 g/mol. The normalized spacial score (nSPS) is 10.5. The highest BCUT2D eigenvalue weighted by Gasteiger charge is 2.30. The number of halogens is 4. The lowest BCUT2D eigenvalue weighted by Gasteiger charge is -2.03. The lowest BCUT2D eigenvalue weighted by Crippen LogP contribution is -2.11. The molecule has 0 aliphatic rings. The zero-order valence-electron chi connectivity index (χ0n) is 11.5. The van der Waals surface area contributed by atoms with Crippen LogP contribution >= 0.6 is 7.80 Å². The van der Waals surface area contributed by atoms with Gasteiger partial charge in [-0.3, -0.25) is 0 Å². The summed E-state index contributed by atoms with van der Waals surface area (Å²) in [6, 6.07) is 3.17. The number of rotatable bonds is 4. The Labute approximate surface area is 124 Å². The largest absolute Gasteiger partial charge is 0.491 e. The van der Waals surface area contributed by atoms with Crippen molar-refractivity contribution in [2.24, 2.45) is 0 Å². The fourth-order valence-electron chi connectivity index (χ4n) is 1.87. The van der Waals surface area contributed by atoms with Gasteiger partial charge in [0.2, 0.25) is 10.6 Å². The topological polar surface area (TPSA) is 35.5 Å². The average molecular weight is 333 g/mol. The first kappa shape index (κ1) is 16.2. The molecule has 116 valence electrons. The molecule has 0 aliphatic heterocycles. The molecule has 3 nitrogen and oxygen atoms in total. The zero-order valence-corrected chi connectivity index (χ0v) is 12.4. The lowest BCUT2D eigenvalue weighted by molar-refractivity contribution is 0.360. The minimum Gasteiger partial charge on any atom is -0.491 e. The number of hydrogen-bond acceptors (Lipinski definition) is 3. The van der Waals surface area contributed by atoms with Crippen LogP contribution in [0, 0.1) is 23.3 Å². The van der Waals surface area contributed by atoms with Crippen LogP contribution in [-0.4, -0.2) is 14.2 Å². The van der Waals surface area contributed by atoms with Crippen LogP contribution in [0.15, 0.2) is 24.3 Å². The quantitative estimate of drug-likeness (QED) is 0.637. The number of ether oxygens (including phenoxy) is 2. The summed E-state index contributed by atoms with van der Waals surface area (Å²) in [5.41, 5.74) is 0. The van der Waals surface area contributed by atoms with Gasteiger partial charge in [-0.05, 0) is 0 Å². The Hall–Kier alpha value is -2.14. The average Bonchev–Trinajstić information content (AvgIpc) is 2.45. The van der Waals surface area contributed by atoms with Crippen LogP contribution in [-0.2, 0) is 4.57 Å². The first-order valence-corrected chi connectivity index (χ1v) is 7.18. The van der Waals surface area contributed by atoms with Crippen molar-refractivity contribution in [1.82, 2.24) is 0 Å². The zero-order chi connectivity index (χ0) is 16.4. The van der Waals surface area contributed by atoms with Gasteiger partial charge in [-0.1, -0.05) is 4.57 Å². The third-order valence-corrected chi connectivity index (χ3v) is 4.30. The van der Waals surface area contributed by atoms with E-state index in [2.05, 4.69) is 9.47 Å². The summed E-state index contributed by atoms with van der Waals surface area (Å²) in [5, 5.41) is -0.510. The van der Waals surface area contributed by atoms with Crippen molar-refractivity contribution in [1.29, 1.82) is 0 Å². The summed E-state index contributed by atoms with van der Waals surface area (Å²) in [6.07, 6.45) is 0. The minimum absolute atomic E-state index is 0.255. The molecule has 0 radical (unpaired) electrons. The van der Waals surface area contributed by atoms with Crippen LogP contribution < -0.4 is 20.1 Å². The summed E-state index contributed by atoms with van der Waals surface area (Å²) in [5.74, 6) is -5.49. The number of methoxy groups -OCH3 is 2. The molecule has 0 aliphatic carbocycles. The van der Waals surface area contributed by atoms with E-state index >= 15 is 0 Å². The number of benzene rings is 2. The molecule has 0 heterocycles. The summed E-state index contributed by atoms with van der Waals surface area (Å²) < 4.78 is 75.7. The van der Waals surface area contributed by atoms with Crippen LogP contribution in [0.25, 0.3) is 0 Å². The van der Waals surface area contributed by atoms with Crippen LogP contribution in [0.4, 0.5) is 17.6 Å². The van der Waals surface area contributed by atoms with E-state index in [-0.39, 0.29) is 10.6 Å². The van der Waals surface area contributed by atoms with Crippen molar-refractivity contribution < 1.29 is 31.6 Å². The second-order valence-corrected chi connectivity index (χ2v) is 5.80. The Balaban J connectivity index is 2.49. The molecule has 0 bridgehead atoms. The predicted molar refractivity (Wildman–Crippen MR) is 72.7 cm³/mol. The van der Waals surface area contributed by atoms with E-state index in [1.54, 1.807) is 0 Å². The molecule has 22 heavy (non-hydrogen) atoms. The van der Waals surface area contributed by atoms with Gasteiger partial charge in [-0.25, -0.2) is 17.6 Å². The van der Waals surface area contributed by atoms with Crippen molar-refractivity contribution in [3.8, 4) is 11.5 Å². The van der Waals surface area contributed by atoms with Crippen LogP contribution in [0.3, 0.4) is 0 Å². The Bertz CT molecular complexity index is 641. The summed E-state index contributed by atoms with van der Waals surface area (Å²) in [7, 11) is -0.434. The van der Waals surface area contributed by atoms with Crippen LogP contribution in [0.1, 0.15) is 0 Å². The second kappa shape index (κ2) is 6.32. The van der Waals surface area contributed by atoms with E-state index < -0.39 is 42.6 Å². The third kappa shape index (κ3) is 2.90. The molecule has 0 saturated heterocycles. The van der Waals surface area contributed by atoms with E-state index in [9.17, 15) is 22.1 Å². The van der Waals surface area contributed by atoms with E-state index in [0.29, 0.717) is 0 Å². The Kier molecular flexibility index (Phi) is 4.66. The highest BCUT2D eigenvalue weighted by Crippen LogP contribution is 2.29. The fourth-order valence-corrected chi connectivity index (χ4v) is 3.09. The Morgan fingerprint density at radius 1 is 0.727 bits per heavy atom. The van der Waals surface area contributed by atoms with E-state index in [1.165, 1.54) is 0 Å². The van der Waals surface area contributed by atoms with Gasteiger partial charge in [0, 0.05) is 24.3 Å². The first-order chi connectivity index (χ1) is 10.4. The Morgan fingerprint density at radius 3 is 1.23 bits per heavy atom. The molecule has 0 atom stereocenters. The van der Waals surface area contributed by atoms with E-state index in [1.807, 2.05) is 0 Å². The summed E-state index contributed by atoms with van der Waals surface area (Å²) in [4.78, 5) is 0. The van der Waals surface area contributed by atoms with Crippen LogP contribution in [0.5, 0.6) is 11.5 Å². The standard InChI is InChI=1S/C14H10F4O3P/c1-20-13-9(15)3-7(4-10(13)16)22(19)8-5-11(17)14(21-2)12(18)6-8/h3-6H,1-2H3/q+1. The summed E-state index contributed by atoms with van der Waals surface area (Å²) in [6.45, 7) is 0. The summed E-state index contributed by atoms with van der Waals surface area (Å²) >= 11 is 0. The molecule has 2 rings (SSSR count). The van der Waals surface area contributed by atoms with Gasteiger partial charge in [0.1, 0.15) is 0 Å². The second-order valence-electron chi connectivity index (χ2n) is 4.18.